The fourth-order valence-corrected chi connectivity index (χ4v) is 2.52. The molecule has 0 radical (unpaired) electrons. The second kappa shape index (κ2) is 8.88. The lowest BCUT2D eigenvalue weighted by Crippen LogP contribution is -2.19. The third-order valence-corrected chi connectivity index (χ3v) is 4.06. The summed E-state index contributed by atoms with van der Waals surface area (Å²) in [6, 6.07) is 17.4. The van der Waals surface area contributed by atoms with Crippen molar-refractivity contribution < 1.29 is 18.4 Å². The second-order valence-corrected chi connectivity index (χ2v) is 6.19. The Kier molecular flexibility index (Phi) is 6.09. The van der Waals surface area contributed by atoms with Crippen molar-refractivity contribution in [1.29, 1.82) is 0 Å². The largest absolute Gasteiger partial charge is 0.322 e. The van der Waals surface area contributed by atoms with Gasteiger partial charge in [-0.25, -0.2) is 14.2 Å². The zero-order chi connectivity index (χ0) is 20.8. The summed E-state index contributed by atoms with van der Waals surface area (Å²) in [6.45, 7) is 1.69. The van der Waals surface area contributed by atoms with Crippen LogP contribution < -0.4 is 10.7 Å². The molecule has 0 saturated carbocycles. The molecule has 3 rings (SSSR count). The number of hydrogen-bond donors (Lipinski definition) is 2. The molecule has 3 aromatic carbocycles. The van der Waals surface area contributed by atoms with E-state index in [0.717, 1.165) is 6.07 Å². The van der Waals surface area contributed by atoms with Crippen LogP contribution in [0.15, 0.2) is 77.9 Å². The lowest BCUT2D eigenvalue weighted by atomic mass is 10.1. The average Bonchev–Trinajstić information content (AvgIpc) is 2.72. The van der Waals surface area contributed by atoms with Crippen molar-refractivity contribution >= 4 is 23.2 Å². The molecule has 5 nitrogen and oxygen atoms in total. The molecule has 0 saturated heterocycles. The van der Waals surface area contributed by atoms with Crippen LogP contribution in [0.4, 0.5) is 14.5 Å². The minimum atomic E-state index is -0.537. The molecule has 2 amide bonds. The van der Waals surface area contributed by atoms with Crippen LogP contribution in [-0.4, -0.2) is 17.5 Å². The molecule has 0 unspecified atom stereocenters. The summed E-state index contributed by atoms with van der Waals surface area (Å²) in [7, 11) is 0. The fourth-order valence-electron chi connectivity index (χ4n) is 2.52. The van der Waals surface area contributed by atoms with E-state index in [1.54, 1.807) is 31.2 Å². The van der Waals surface area contributed by atoms with Crippen molar-refractivity contribution in [3.05, 3.63) is 101 Å². The molecule has 7 heteroatoms. The number of carbonyl (C=O) groups is 2. The van der Waals surface area contributed by atoms with Gasteiger partial charge in [0.25, 0.3) is 11.8 Å². The van der Waals surface area contributed by atoms with Gasteiger partial charge in [-0.1, -0.05) is 18.2 Å². The van der Waals surface area contributed by atoms with E-state index in [0.29, 0.717) is 22.5 Å². The molecule has 0 bridgehead atoms. The third kappa shape index (κ3) is 5.32. The van der Waals surface area contributed by atoms with Crippen LogP contribution in [-0.2, 0) is 0 Å². The molecule has 29 heavy (non-hydrogen) atoms. The standard InChI is InChI=1S/C22H17F2N3O2/c1-14(26-27-22(29)17-5-2-6-19(24)12-17)16-4-3-7-20(13-16)25-21(28)15-8-10-18(23)11-9-15/h2-13H,1H3,(H,25,28)(H,27,29). The summed E-state index contributed by atoms with van der Waals surface area (Å²) in [5.41, 5.74) is 4.53. The molecule has 0 aliphatic heterocycles. The number of rotatable bonds is 5. The van der Waals surface area contributed by atoms with Gasteiger partial charge in [0.2, 0.25) is 0 Å². The van der Waals surface area contributed by atoms with Gasteiger partial charge in [-0.2, -0.15) is 5.10 Å². The first kappa shape index (κ1) is 19.9. The molecule has 0 aromatic heterocycles. The van der Waals surface area contributed by atoms with Gasteiger partial charge in [-0.3, -0.25) is 9.59 Å². The molecular weight excluding hydrogens is 376 g/mol. The van der Waals surface area contributed by atoms with E-state index in [2.05, 4.69) is 15.8 Å². The lowest BCUT2D eigenvalue weighted by Gasteiger charge is -2.08. The van der Waals surface area contributed by atoms with Crippen LogP contribution in [0.2, 0.25) is 0 Å². The maximum atomic E-state index is 13.2. The maximum Gasteiger partial charge on any atom is 0.271 e. The monoisotopic (exact) mass is 393 g/mol. The molecule has 0 aliphatic carbocycles. The molecule has 146 valence electrons. The number of nitrogens with zero attached hydrogens (tertiary/aromatic N) is 1. The van der Waals surface area contributed by atoms with Crippen molar-refractivity contribution in [2.75, 3.05) is 5.32 Å². The van der Waals surface area contributed by atoms with Gasteiger partial charge < -0.3 is 5.32 Å². The predicted octanol–water partition coefficient (Wildman–Crippen LogP) is 4.37. The molecule has 0 spiro atoms. The predicted molar refractivity (Wildman–Crippen MR) is 107 cm³/mol. The second-order valence-electron chi connectivity index (χ2n) is 6.19. The number of nitrogens with one attached hydrogen (secondary N) is 2. The van der Waals surface area contributed by atoms with Gasteiger partial charge in [0.05, 0.1) is 5.71 Å². The average molecular weight is 393 g/mol. The van der Waals surface area contributed by atoms with Gasteiger partial charge in [-0.05, 0) is 67.1 Å². The Balaban J connectivity index is 1.69. The van der Waals surface area contributed by atoms with Crippen LogP contribution in [0.3, 0.4) is 0 Å². The molecule has 0 aliphatic rings. The van der Waals surface area contributed by atoms with Crippen LogP contribution >= 0.6 is 0 Å². The number of hydrogen-bond acceptors (Lipinski definition) is 3. The number of benzene rings is 3. The minimum absolute atomic E-state index is 0.155. The van der Waals surface area contributed by atoms with E-state index in [4.69, 9.17) is 0 Å². The van der Waals surface area contributed by atoms with Crippen molar-refractivity contribution in [2.24, 2.45) is 5.10 Å². The fraction of sp³-hybridized carbons (Fsp3) is 0.0455. The number of hydrazone groups is 1. The normalized spacial score (nSPS) is 11.1. The molecule has 0 atom stereocenters. The van der Waals surface area contributed by atoms with Crippen LogP contribution in [0.25, 0.3) is 0 Å². The van der Waals surface area contributed by atoms with Crippen molar-refractivity contribution in [3.8, 4) is 0 Å². The highest BCUT2D eigenvalue weighted by atomic mass is 19.1. The Bertz CT molecular complexity index is 1080. The summed E-state index contributed by atoms with van der Waals surface area (Å²) < 4.78 is 26.2. The number of anilines is 1. The van der Waals surface area contributed by atoms with E-state index in [1.165, 1.54) is 42.5 Å². The van der Waals surface area contributed by atoms with E-state index in [-0.39, 0.29) is 11.5 Å². The van der Waals surface area contributed by atoms with E-state index in [9.17, 15) is 18.4 Å². The summed E-state index contributed by atoms with van der Waals surface area (Å²) in [5, 5.41) is 6.75. The van der Waals surface area contributed by atoms with Gasteiger partial charge in [0, 0.05) is 16.8 Å². The highest BCUT2D eigenvalue weighted by Crippen LogP contribution is 2.14. The summed E-state index contributed by atoms with van der Waals surface area (Å²) in [6.07, 6.45) is 0. The summed E-state index contributed by atoms with van der Waals surface area (Å²) in [4.78, 5) is 24.3. The Morgan fingerprint density at radius 3 is 2.17 bits per heavy atom. The van der Waals surface area contributed by atoms with Crippen LogP contribution in [0.5, 0.6) is 0 Å². The Morgan fingerprint density at radius 2 is 1.45 bits per heavy atom. The number of halogens is 2. The Morgan fingerprint density at radius 1 is 0.759 bits per heavy atom. The number of carbonyl (C=O) groups excluding carboxylic acids is 2. The first-order valence-electron chi connectivity index (χ1n) is 8.70. The minimum Gasteiger partial charge on any atom is -0.322 e. The molecule has 3 aromatic rings. The van der Waals surface area contributed by atoms with Crippen molar-refractivity contribution in [2.45, 2.75) is 6.92 Å². The van der Waals surface area contributed by atoms with E-state index < -0.39 is 17.5 Å². The molecule has 0 heterocycles. The molecular formula is C22H17F2N3O2. The van der Waals surface area contributed by atoms with Gasteiger partial charge >= 0.3 is 0 Å². The van der Waals surface area contributed by atoms with Crippen LogP contribution in [0.1, 0.15) is 33.2 Å². The number of amides is 2. The summed E-state index contributed by atoms with van der Waals surface area (Å²) >= 11 is 0. The Hall–Kier alpha value is -3.87. The molecule has 2 N–H and O–H groups in total. The highest BCUT2D eigenvalue weighted by molar-refractivity contribution is 6.06. The zero-order valence-electron chi connectivity index (χ0n) is 15.4. The first-order chi connectivity index (χ1) is 13.9. The summed E-state index contributed by atoms with van der Waals surface area (Å²) in [5.74, 6) is -1.85. The molecule has 0 fully saturated rings. The van der Waals surface area contributed by atoms with Crippen molar-refractivity contribution in [3.63, 3.8) is 0 Å². The zero-order valence-corrected chi connectivity index (χ0v) is 15.4. The SMILES string of the molecule is CC(=NNC(=O)c1cccc(F)c1)c1cccc(NC(=O)c2ccc(F)cc2)c1. The van der Waals surface area contributed by atoms with Gasteiger partial charge in [0.15, 0.2) is 0 Å². The van der Waals surface area contributed by atoms with Gasteiger partial charge in [0.1, 0.15) is 11.6 Å². The van der Waals surface area contributed by atoms with Crippen molar-refractivity contribution in [1.82, 2.24) is 5.43 Å². The Labute approximate surface area is 166 Å². The quantitative estimate of drug-likeness (QED) is 0.499. The topological polar surface area (TPSA) is 70.6 Å². The van der Waals surface area contributed by atoms with E-state index >= 15 is 0 Å². The van der Waals surface area contributed by atoms with E-state index in [1.807, 2.05) is 0 Å². The maximum absolute atomic E-state index is 13.2. The smallest absolute Gasteiger partial charge is 0.271 e. The third-order valence-electron chi connectivity index (χ3n) is 4.06. The highest BCUT2D eigenvalue weighted by Gasteiger charge is 2.09. The van der Waals surface area contributed by atoms with Gasteiger partial charge in [-0.15, -0.1) is 0 Å². The lowest BCUT2D eigenvalue weighted by molar-refractivity contribution is 0.0953. The first-order valence-corrected chi connectivity index (χ1v) is 8.70. The van der Waals surface area contributed by atoms with Crippen LogP contribution in [0, 0.1) is 11.6 Å².